The summed E-state index contributed by atoms with van der Waals surface area (Å²) in [5.41, 5.74) is 0.775. The predicted octanol–water partition coefficient (Wildman–Crippen LogP) is 2.25. The van der Waals surface area contributed by atoms with Gasteiger partial charge in [0.15, 0.2) is 9.84 Å². The number of hydrogen-bond acceptors (Lipinski definition) is 5. The van der Waals surface area contributed by atoms with Crippen molar-refractivity contribution in [2.75, 3.05) is 36.2 Å². The van der Waals surface area contributed by atoms with Crippen LogP contribution >= 0.6 is 11.8 Å². The van der Waals surface area contributed by atoms with Crippen LogP contribution in [0.5, 0.6) is 0 Å². The Kier molecular flexibility index (Phi) is 6.50. The first-order chi connectivity index (χ1) is 10.9. The van der Waals surface area contributed by atoms with Crippen LogP contribution < -0.4 is 5.32 Å². The summed E-state index contributed by atoms with van der Waals surface area (Å²) in [5.74, 6) is 0.304. The third kappa shape index (κ3) is 5.51. The Bertz CT molecular complexity index is 646. The molecule has 23 heavy (non-hydrogen) atoms. The Labute approximate surface area is 142 Å². The van der Waals surface area contributed by atoms with Crippen molar-refractivity contribution in [1.82, 2.24) is 4.90 Å². The van der Waals surface area contributed by atoms with Crippen molar-refractivity contribution >= 4 is 33.2 Å². The summed E-state index contributed by atoms with van der Waals surface area (Å²) in [6.07, 6.45) is 3.51. The average Bonchev–Trinajstić information content (AvgIpc) is 2.87. The topological polar surface area (TPSA) is 66.5 Å². The highest BCUT2D eigenvalue weighted by atomic mass is 32.2. The van der Waals surface area contributed by atoms with Crippen LogP contribution in [0.25, 0.3) is 0 Å². The zero-order valence-corrected chi connectivity index (χ0v) is 15.3. The van der Waals surface area contributed by atoms with E-state index < -0.39 is 9.84 Å². The molecule has 1 aliphatic heterocycles. The molecular weight excluding hydrogens is 332 g/mol. The molecule has 0 spiro atoms. The molecule has 128 valence electrons. The van der Waals surface area contributed by atoms with Crippen LogP contribution in [-0.4, -0.2) is 56.1 Å². The van der Waals surface area contributed by atoms with E-state index in [4.69, 9.17) is 0 Å². The number of benzene rings is 1. The van der Waals surface area contributed by atoms with Gasteiger partial charge in [0.1, 0.15) is 0 Å². The molecule has 1 amide bonds. The lowest BCUT2D eigenvalue weighted by molar-refractivity contribution is -0.117. The Morgan fingerprint density at radius 2 is 2.22 bits per heavy atom. The highest BCUT2D eigenvalue weighted by Crippen LogP contribution is 2.20. The maximum Gasteiger partial charge on any atom is 0.238 e. The number of sulfone groups is 1. The molecule has 7 heteroatoms. The van der Waals surface area contributed by atoms with E-state index in [0.717, 1.165) is 23.5 Å². The smallest absolute Gasteiger partial charge is 0.238 e. The minimum absolute atomic E-state index is 0.0387. The quantitative estimate of drug-likeness (QED) is 0.759. The molecule has 2 rings (SSSR count). The number of nitrogens with one attached hydrogen (secondary N) is 1. The first-order valence-corrected chi connectivity index (χ1v) is 10.9. The van der Waals surface area contributed by atoms with Gasteiger partial charge in [-0.05, 0) is 43.8 Å². The van der Waals surface area contributed by atoms with Crippen molar-refractivity contribution in [1.29, 1.82) is 0 Å². The molecule has 1 N–H and O–H groups in total. The standard InChI is InChI=1S/C16H24N2O3S2/c1-3-8-18(14-7-9-23(20,21)12-14)11-16(19)17-13-5-4-6-15(10-13)22-2/h4-6,10,14H,3,7-9,11-12H2,1-2H3,(H,17,19). The maximum atomic E-state index is 12.3. The number of thioether (sulfide) groups is 1. The van der Waals surface area contributed by atoms with E-state index in [2.05, 4.69) is 5.32 Å². The van der Waals surface area contributed by atoms with E-state index in [1.807, 2.05) is 42.3 Å². The molecule has 1 aromatic rings. The van der Waals surface area contributed by atoms with Crippen LogP contribution in [0.15, 0.2) is 29.2 Å². The van der Waals surface area contributed by atoms with Crippen LogP contribution in [-0.2, 0) is 14.6 Å². The van der Waals surface area contributed by atoms with Crippen LogP contribution in [0.2, 0.25) is 0 Å². The van der Waals surface area contributed by atoms with Gasteiger partial charge in [-0.1, -0.05) is 13.0 Å². The molecule has 1 aliphatic rings. The second-order valence-corrected chi connectivity index (χ2v) is 8.92. The van der Waals surface area contributed by atoms with E-state index in [9.17, 15) is 13.2 Å². The van der Waals surface area contributed by atoms with Gasteiger partial charge in [-0.15, -0.1) is 11.8 Å². The molecule has 0 aliphatic carbocycles. The molecule has 1 saturated heterocycles. The number of hydrogen-bond donors (Lipinski definition) is 1. The van der Waals surface area contributed by atoms with Gasteiger partial charge in [0.25, 0.3) is 0 Å². The first-order valence-electron chi connectivity index (χ1n) is 7.82. The normalized spacial score (nSPS) is 19.9. The van der Waals surface area contributed by atoms with Crippen molar-refractivity contribution in [2.45, 2.75) is 30.7 Å². The maximum absolute atomic E-state index is 12.3. The van der Waals surface area contributed by atoms with Gasteiger partial charge < -0.3 is 5.32 Å². The van der Waals surface area contributed by atoms with Gasteiger partial charge in [0, 0.05) is 16.6 Å². The lowest BCUT2D eigenvalue weighted by atomic mass is 10.2. The van der Waals surface area contributed by atoms with Crippen LogP contribution in [0.3, 0.4) is 0 Å². The monoisotopic (exact) mass is 356 g/mol. The highest BCUT2D eigenvalue weighted by Gasteiger charge is 2.32. The summed E-state index contributed by atoms with van der Waals surface area (Å²) < 4.78 is 23.3. The molecule has 0 aromatic heterocycles. The summed E-state index contributed by atoms with van der Waals surface area (Å²) >= 11 is 1.62. The van der Waals surface area contributed by atoms with Gasteiger partial charge in [0.05, 0.1) is 18.1 Å². The number of rotatable bonds is 7. The van der Waals surface area contributed by atoms with E-state index in [1.54, 1.807) is 11.8 Å². The minimum Gasteiger partial charge on any atom is -0.325 e. The summed E-state index contributed by atoms with van der Waals surface area (Å²) in [7, 11) is -2.94. The fourth-order valence-corrected chi connectivity index (χ4v) is 5.05. The Balaban J connectivity index is 1.97. The summed E-state index contributed by atoms with van der Waals surface area (Å²) in [4.78, 5) is 15.4. The first kappa shape index (κ1) is 18.3. The van der Waals surface area contributed by atoms with Gasteiger partial charge >= 0.3 is 0 Å². The molecule has 1 unspecified atom stereocenters. The lowest BCUT2D eigenvalue weighted by Gasteiger charge is -2.26. The summed E-state index contributed by atoms with van der Waals surface area (Å²) in [6.45, 7) is 3.01. The van der Waals surface area contributed by atoms with Gasteiger partial charge in [0.2, 0.25) is 5.91 Å². The molecule has 1 atom stereocenters. The van der Waals surface area contributed by atoms with Crippen molar-refractivity contribution in [2.24, 2.45) is 0 Å². The van der Waals surface area contributed by atoms with Crippen molar-refractivity contribution in [3.63, 3.8) is 0 Å². The van der Waals surface area contributed by atoms with Gasteiger partial charge in [-0.25, -0.2) is 8.42 Å². The Morgan fingerprint density at radius 3 is 2.83 bits per heavy atom. The molecule has 1 aromatic carbocycles. The third-order valence-corrected chi connectivity index (χ3v) is 6.41. The van der Waals surface area contributed by atoms with E-state index in [0.29, 0.717) is 6.42 Å². The fourth-order valence-electron chi connectivity index (χ4n) is 2.83. The average molecular weight is 357 g/mol. The number of nitrogens with zero attached hydrogens (tertiary/aromatic N) is 1. The lowest BCUT2D eigenvalue weighted by Crippen LogP contribution is -2.42. The van der Waals surface area contributed by atoms with Crippen LogP contribution in [0, 0.1) is 0 Å². The molecule has 0 bridgehead atoms. The second kappa shape index (κ2) is 8.17. The van der Waals surface area contributed by atoms with Gasteiger partial charge in [-0.3, -0.25) is 9.69 Å². The summed E-state index contributed by atoms with van der Waals surface area (Å²) in [6, 6.07) is 7.67. The van der Waals surface area contributed by atoms with E-state index in [1.165, 1.54) is 0 Å². The third-order valence-electron chi connectivity index (χ3n) is 3.94. The van der Waals surface area contributed by atoms with Crippen molar-refractivity contribution < 1.29 is 13.2 Å². The molecule has 1 heterocycles. The van der Waals surface area contributed by atoms with Crippen LogP contribution in [0.4, 0.5) is 5.69 Å². The predicted molar refractivity (Wildman–Crippen MR) is 95.8 cm³/mol. The van der Waals surface area contributed by atoms with Crippen LogP contribution in [0.1, 0.15) is 19.8 Å². The zero-order valence-electron chi connectivity index (χ0n) is 13.6. The summed E-state index contributed by atoms with van der Waals surface area (Å²) in [5, 5.41) is 2.91. The fraction of sp³-hybridized carbons (Fsp3) is 0.562. The molecule has 0 saturated carbocycles. The van der Waals surface area contributed by atoms with Gasteiger partial charge in [-0.2, -0.15) is 0 Å². The highest BCUT2D eigenvalue weighted by molar-refractivity contribution is 7.98. The van der Waals surface area contributed by atoms with Crippen molar-refractivity contribution in [3.8, 4) is 0 Å². The minimum atomic E-state index is -2.94. The molecular formula is C16H24N2O3S2. The van der Waals surface area contributed by atoms with E-state index >= 15 is 0 Å². The Hall–Kier alpha value is -1.05. The molecule has 0 radical (unpaired) electrons. The molecule has 1 fully saturated rings. The molecule has 5 nitrogen and oxygen atoms in total. The van der Waals surface area contributed by atoms with E-state index in [-0.39, 0.29) is 30.0 Å². The number of amides is 1. The largest absolute Gasteiger partial charge is 0.325 e. The van der Waals surface area contributed by atoms with Crippen molar-refractivity contribution in [3.05, 3.63) is 24.3 Å². The zero-order chi connectivity index (χ0) is 16.9. The Morgan fingerprint density at radius 1 is 1.43 bits per heavy atom. The second-order valence-electron chi connectivity index (χ2n) is 5.81. The number of carbonyl (C=O) groups is 1. The number of carbonyl (C=O) groups excluding carboxylic acids is 1. The SMILES string of the molecule is CCCN(CC(=O)Nc1cccc(SC)c1)C1CCS(=O)(=O)C1. The number of anilines is 1.